The summed E-state index contributed by atoms with van der Waals surface area (Å²) in [6.45, 7) is 0.720. The molecule has 1 nitrogen and oxygen atoms in total. The van der Waals surface area contributed by atoms with Crippen molar-refractivity contribution in [1.29, 1.82) is 0 Å². The van der Waals surface area contributed by atoms with Gasteiger partial charge < -0.3 is 5.73 Å². The Bertz CT molecular complexity index is 83.0. The first-order valence-corrected chi connectivity index (χ1v) is 3.67. The van der Waals surface area contributed by atoms with Crippen molar-refractivity contribution in [1.82, 2.24) is 0 Å². The number of alkyl halides is 1. The second kappa shape index (κ2) is 3.16. The van der Waals surface area contributed by atoms with Crippen LogP contribution in [0.2, 0.25) is 0 Å². The molecule has 0 aliphatic heterocycles. The maximum absolute atomic E-state index is 12.5. The van der Waals surface area contributed by atoms with Gasteiger partial charge in [-0.05, 0) is 38.1 Å². The number of hydrogen-bond acceptors (Lipinski definition) is 1. The molecule has 1 saturated carbocycles. The molecule has 2 atom stereocenters. The molecule has 9 heavy (non-hydrogen) atoms. The smallest absolute Gasteiger partial charge is 0.100 e. The lowest BCUT2D eigenvalue weighted by atomic mass is 10.0. The van der Waals surface area contributed by atoms with Crippen LogP contribution in [0.15, 0.2) is 0 Å². The molecule has 0 aromatic rings. The molecule has 1 aliphatic rings. The highest BCUT2D eigenvalue weighted by molar-refractivity contribution is 4.74. The van der Waals surface area contributed by atoms with Crippen molar-refractivity contribution in [3.8, 4) is 0 Å². The van der Waals surface area contributed by atoms with Gasteiger partial charge in [0.25, 0.3) is 0 Å². The minimum absolute atomic E-state index is 0.526. The average Bonchev–Trinajstić information content (AvgIpc) is 2.17. The predicted molar refractivity (Wildman–Crippen MR) is 35.9 cm³/mol. The van der Waals surface area contributed by atoms with Crippen molar-refractivity contribution in [2.75, 3.05) is 6.54 Å². The number of halogens is 1. The zero-order valence-corrected chi connectivity index (χ0v) is 5.65. The highest BCUT2D eigenvalue weighted by atomic mass is 19.1. The van der Waals surface area contributed by atoms with Gasteiger partial charge in [-0.3, -0.25) is 0 Å². The summed E-state index contributed by atoms with van der Waals surface area (Å²) in [5.41, 5.74) is 5.33. The Morgan fingerprint density at radius 3 is 2.67 bits per heavy atom. The van der Waals surface area contributed by atoms with E-state index in [-0.39, 0.29) is 0 Å². The van der Waals surface area contributed by atoms with Gasteiger partial charge in [0.05, 0.1) is 0 Å². The number of nitrogens with two attached hydrogens (primary N) is 1. The molecule has 1 rings (SSSR count). The third-order valence-corrected chi connectivity index (χ3v) is 2.05. The van der Waals surface area contributed by atoms with Gasteiger partial charge in [-0.25, -0.2) is 4.39 Å². The summed E-state index contributed by atoms with van der Waals surface area (Å²) in [7, 11) is 0. The molecule has 0 aromatic carbocycles. The fourth-order valence-electron chi connectivity index (χ4n) is 1.51. The molecule has 0 radical (unpaired) electrons. The third kappa shape index (κ3) is 1.94. The lowest BCUT2D eigenvalue weighted by Crippen LogP contribution is -2.05. The Hall–Kier alpha value is -0.110. The van der Waals surface area contributed by atoms with Crippen LogP contribution >= 0.6 is 0 Å². The quantitative estimate of drug-likeness (QED) is 0.603. The van der Waals surface area contributed by atoms with Crippen molar-refractivity contribution < 1.29 is 4.39 Å². The van der Waals surface area contributed by atoms with Gasteiger partial charge in [0.2, 0.25) is 0 Å². The zero-order valence-electron chi connectivity index (χ0n) is 5.65. The summed E-state index contributed by atoms with van der Waals surface area (Å²) < 4.78 is 12.5. The number of hydrogen-bond donors (Lipinski definition) is 1. The first-order chi connectivity index (χ1) is 4.33. The molecule has 0 saturated heterocycles. The monoisotopic (exact) mass is 131 g/mol. The third-order valence-electron chi connectivity index (χ3n) is 2.05. The van der Waals surface area contributed by atoms with Gasteiger partial charge in [0, 0.05) is 0 Å². The van der Waals surface area contributed by atoms with Gasteiger partial charge in [0.15, 0.2) is 0 Å². The predicted octanol–water partition coefficient (Wildman–Crippen LogP) is 1.47. The van der Waals surface area contributed by atoms with E-state index >= 15 is 0 Å². The van der Waals surface area contributed by atoms with Crippen molar-refractivity contribution in [3.05, 3.63) is 0 Å². The van der Waals surface area contributed by atoms with E-state index in [0.717, 1.165) is 32.2 Å². The largest absolute Gasteiger partial charge is 0.330 e. The van der Waals surface area contributed by atoms with Crippen LogP contribution in [0.25, 0.3) is 0 Å². The molecule has 0 spiro atoms. The first kappa shape index (κ1) is 7.00. The molecular formula is C7H14FN. The average molecular weight is 131 g/mol. The zero-order chi connectivity index (χ0) is 6.69. The molecule has 1 fully saturated rings. The standard InChI is InChI=1S/C7H14FN/c8-7-2-1-6(5-7)3-4-9/h6-7H,1-5,9H2/t6-,7+/m0/s1. The molecule has 54 valence electrons. The van der Waals surface area contributed by atoms with Crippen molar-refractivity contribution in [2.24, 2.45) is 11.7 Å². The first-order valence-electron chi connectivity index (χ1n) is 3.67. The molecule has 2 heteroatoms. The Kier molecular flexibility index (Phi) is 2.46. The Balaban J connectivity index is 2.14. The number of rotatable bonds is 2. The molecule has 0 bridgehead atoms. The van der Waals surface area contributed by atoms with E-state index in [2.05, 4.69) is 0 Å². The summed E-state index contributed by atoms with van der Waals surface area (Å²) in [4.78, 5) is 0. The second-order valence-electron chi connectivity index (χ2n) is 2.85. The fraction of sp³-hybridized carbons (Fsp3) is 1.00. The maximum atomic E-state index is 12.5. The second-order valence-corrected chi connectivity index (χ2v) is 2.85. The van der Waals surface area contributed by atoms with Crippen LogP contribution in [0.1, 0.15) is 25.7 Å². The van der Waals surface area contributed by atoms with E-state index in [9.17, 15) is 4.39 Å². The Labute approximate surface area is 55.4 Å². The highest BCUT2D eigenvalue weighted by Crippen LogP contribution is 2.29. The van der Waals surface area contributed by atoms with E-state index in [1.165, 1.54) is 0 Å². The minimum atomic E-state index is -0.526. The van der Waals surface area contributed by atoms with E-state index in [1.807, 2.05) is 0 Å². The molecular weight excluding hydrogens is 117 g/mol. The maximum Gasteiger partial charge on any atom is 0.100 e. The summed E-state index contributed by atoms with van der Waals surface area (Å²) in [6, 6.07) is 0. The summed E-state index contributed by atoms with van der Waals surface area (Å²) in [6.07, 6.45) is 3.07. The summed E-state index contributed by atoms with van der Waals surface area (Å²) in [5, 5.41) is 0. The summed E-state index contributed by atoms with van der Waals surface area (Å²) >= 11 is 0. The van der Waals surface area contributed by atoms with E-state index in [4.69, 9.17) is 5.73 Å². The van der Waals surface area contributed by atoms with Crippen LogP contribution in [-0.4, -0.2) is 12.7 Å². The van der Waals surface area contributed by atoms with Crippen LogP contribution in [0.5, 0.6) is 0 Å². The normalized spacial score (nSPS) is 35.3. The molecule has 2 N–H and O–H groups in total. The van der Waals surface area contributed by atoms with Crippen LogP contribution in [0, 0.1) is 5.92 Å². The van der Waals surface area contributed by atoms with E-state index in [1.54, 1.807) is 0 Å². The van der Waals surface area contributed by atoms with Gasteiger partial charge in [-0.1, -0.05) is 0 Å². The lowest BCUT2D eigenvalue weighted by molar-refractivity contribution is 0.328. The summed E-state index contributed by atoms with van der Waals surface area (Å²) in [5.74, 6) is 0.588. The molecule has 0 heterocycles. The van der Waals surface area contributed by atoms with Crippen LogP contribution < -0.4 is 5.73 Å². The SMILES string of the molecule is NCC[C@@H]1CC[C@@H](F)C1. The van der Waals surface area contributed by atoms with Crippen molar-refractivity contribution in [3.63, 3.8) is 0 Å². The Morgan fingerprint density at radius 2 is 2.22 bits per heavy atom. The van der Waals surface area contributed by atoms with Gasteiger partial charge in [-0.2, -0.15) is 0 Å². The van der Waals surface area contributed by atoms with E-state index in [0.29, 0.717) is 5.92 Å². The van der Waals surface area contributed by atoms with Crippen LogP contribution in [0.3, 0.4) is 0 Å². The van der Waals surface area contributed by atoms with Gasteiger partial charge in [0.1, 0.15) is 6.17 Å². The van der Waals surface area contributed by atoms with Crippen LogP contribution in [0.4, 0.5) is 4.39 Å². The van der Waals surface area contributed by atoms with Crippen molar-refractivity contribution in [2.45, 2.75) is 31.9 Å². The van der Waals surface area contributed by atoms with Gasteiger partial charge >= 0.3 is 0 Å². The fourth-order valence-corrected chi connectivity index (χ4v) is 1.51. The molecule has 0 amide bonds. The topological polar surface area (TPSA) is 26.0 Å². The van der Waals surface area contributed by atoms with Crippen molar-refractivity contribution >= 4 is 0 Å². The highest BCUT2D eigenvalue weighted by Gasteiger charge is 2.22. The molecule has 0 aromatic heterocycles. The molecule has 1 aliphatic carbocycles. The lowest BCUT2D eigenvalue weighted by Gasteiger charge is -2.03. The van der Waals surface area contributed by atoms with E-state index < -0.39 is 6.17 Å². The minimum Gasteiger partial charge on any atom is -0.330 e. The van der Waals surface area contributed by atoms with Gasteiger partial charge in [-0.15, -0.1) is 0 Å². The molecule has 0 unspecified atom stereocenters. The van der Waals surface area contributed by atoms with Crippen LogP contribution in [-0.2, 0) is 0 Å². The Morgan fingerprint density at radius 1 is 1.44 bits per heavy atom.